The van der Waals surface area contributed by atoms with Crippen LogP contribution in [0.25, 0.3) is 5.69 Å². The highest BCUT2D eigenvalue weighted by molar-refractivity contribution is 5.97. The van der Waals surface area contributed by atoms with Gasteiger partial charge in [0.25, 0.3) is 5.56 Å². The van der Waals surface area contributed by atoms with Gasteiger partial charge in [-0.25, -0.2) is 4.68 Å². The molecule has 0 aliphatic rings. The third-order valence-electron chi connectivity index (χ3n) is 4.79. The van der Waals surface area contributed by atoms with E-state index in [4.69, 9.17) is 0 Å². The van der Waals surface area contributed by atoms with E-state index >= 15 is 0 Å². The minimum absolute atomic E-state index is 0.0325. The average molecular weight is 360 g/mol. The van der Waals surface area contributed by atoms with Gasteiger partial charge in [0.1, 0.15) is 18.2 Å². The second-order valence-corrected chi connectivity index (χ2v) is 6.54. The van der Waals surface area contributed by atoms with E-state index in [-0.39, 0.29) is 17.9 Å². The van der Waals surface area contributed by atoms with E-state index in [9.17, 15) is 14.9 Å². The number of nitrogens with zero attached hydrogens (tertiary/aromatic N) is 4. The normalized spacial score (nSPS) is 10.6. The highest BCUT2D eigenvalue weighted by Crippen LogP contribution is 2.21. The SMILES string of the molecule is Cc1nn(CC(=O)c2cc(C)n(-c3ccccc3)c2C)c(=O)c(C#N)c1C. The Kier molecular flexibility index (Phi) is 4.78. The molecule has 0 unspecified atom stereocenters. The molecule has 2 aromatic heterocycles. The summed E-state index contributed by atoms with van der Waals surface area (Å²) in [5.74, 6) is -0.216. The van der Waals surface area contributed by atoms with Crippen LogP contribution < -0.4 is 5.56 Å². The van der Waals surface area contributed by atoms with Gasteiger partial charge in [0.15, 0.2) is 5.78 Å². The molecule has 6 nitrogen and oxygen atoms in total. The van der Waals surface area contributed by atoms with Gasteiger partial charge in [0, 0.05) is 22.6 Å². The minimum Gasteiger partial charge on any atom is -0.318 e. The lowest BCUT2D eigenvalue weighted by atomic mass is 10.1. The molecule has 3 rings (SSSR count). The number of benzene rings is 1. The van der Waals surface area contributed by atoms with Crippen molar-refractivity contribution in [2.45, 2.75) is 34.2 Å². The van der Waals surface area contributed by atoms with E-state index < -0.39 is 5.56 Å². The van der Waals surface area contributed by atoms with Gasteiger partial charge < -0.3 is 4.57 Å². The van der Waals surface area contributed by atoms with Crippen molar-refractivity contribution in [3.05, 3.63) is 80.5 Å². The Hall–Kier alpha value is -3.46. The maximum absolute atomic E-state index is 12.9. The molecule has 0 aliphatic carbocycles. The molecule has 3 aromatic rings. The van der Waals surface area contributed by atoms with Crippen LogP contribution in [0.5, 0.6) is 0 Å². The van der Waals surface area contributed by atoms with Crippen LogP contribution in [0, 0.1) is 39.0 Å². The molecule has 0 aliphatic heterocycles. The van der Waals surface area contributed by atoms with Gasteiger partial charge >= 0.3 is 0 Å². The Bertz CT molecular complexity index is 1130. The molecule has 0 spiro atoms. The Balaban J connectivity index is 2.01. The highest BCUT2D eigenvalue weighted by atomic mass is 16.1. The summed E-state index contributed by atoms with van der Waals surface area (Å²) in [4.78, 5) is 25.3. The number of carbonyl (C=O) groups excluding carboxylic acids is 1. The number of nitriles is 1. The van der Waals surface area contributed by atoms with Crippen molar-refractivity contribution in [3.8, 4) is 11.8 Å². The van der Waals surface area contributed by atoms with Crippen LogP contribution in [0.2, 0.25) is 0 Å². The summed E-state index contributed by atoms with van der Waals surface area (Å²) in [6.45, 7) is 7.02. The van der Waals surface area contributed by atoms with Gasteiger partial charge in [-0.3, -0.25) is 9.59 Å². The first-order valence-corrected chi connectivity index (χ1v) is 8.61. The van der Waals surface area contributed by atoms with Crippen molar-refractivity contribution in [1.29, 1.82) is 5.26 Å². The van der Waals surface area contributed by atoms with Crippen molar-refractivity contribution in [2.24, 2.45) is 0 Å². The molecule has 0 bridgehead atoms. The molecule has 0 saturated carbocycles. The number of aromatic nitrogens is 3. The summed E-state index contributed by atoms with van der Waals surface area (Å²) in [6, 6.07) is 13.5. The molecule has 2 heterocycles. The Morgan fingerprint density at radius 2 is 1.81 bits per heavy atom. The Labute approximate surface area is 157 Å². The molecule has 0 saturated heterocycles. The number of para-hydroxylation sites is 1. The summed E-state index contributed by atoms with van der Waals surface area (Å²) < 4.78 is 3.09. The average Bonchev–Trinajstić information content (AvgIpc) is 2.95. The predicted molar refractivity (Wildman–Crippen MR) is 102 cm³/mol. The summed E-state index contributed by atoms with van der Waals surface area (Å²) in [5, 5.41) is 13.4. The largest absolute Gasteiger partial charge is 0.318 e. The van der Waals surface area contributed by atoms with Crippen molar-refractivity contribution in [1.82, 2.24) is 14.3 Å². The smallest absolute Gasteiger partial charge is 0.285 e. The molecule has 0 atom stereocenters. The molecule has 136 valence electrons. The van der Waals surface area contributed by atoms with Crippen molar-refractivity contribution >= 4 is 5.78 Å². The zero-order chi connectivity index (χ0) is 19.7. The second-order valence-electron chi connectivity index (χ2n) is 6.54. The Morgan fingerprint density at radius 3 is 2.44 bits per heavy atom. The number of carbonyl (C=O) groups is 1. The van der Waals surface area contributed by atoms with Crippen LogP contribution in [-0.2, 0) is 6.54 Å². The van der Waals surface area contributed by atoms with E-state index in [1.165, 1.54) is 0 Å². The number of Topliss-reactive ketones (excluding diaryl/α,β-unsaturated/α-hetero) is 1. The molecule has 0 amide bonds. The summed E-state index contributed by atoms with van der Waals surface area (Å²) >= 11 is 0. The first-order valence-electron chi connectivity index (χ1n) is 8.61. The van der Waals surface area contributed by atoms with Crippen molar-refractivity contribution in [2.75, 3.05) is 0 Å². The standard InChI is InChI=1S/C21H20N4O2/c1-13-10-18(16(4)25(13)17-8-6-5-7-9-17)20(26)12-24-21(27)19(11-22)14(2)15(3)23-24/h5-10H,12H2,1-4H3. The zero-order valence-electron chi connectivity index (χ0n) is 15.8. The quantitative estimate of drug-likeness (QED) is 0.670. The van der Waals surface area contributed by atoms with Crippen LogP contribution in [0.15, 0.2) is 41.2 Å². The second kappa shape index (κ2) is 7.04. The third kappa shape index (κ3) is 3.20. The zero-order valence-corrected chi connectivity index (χ0v) is 15.8. The van der Waals surface area contributed by atoms with Crippen LogP contribution in [0.1, 0.15) is 38.6 Å². The first kappa shape index (κ1) is 18.3. The van der Waals surface area contributed by atoms with Gasteiger partial charge in [-0.15, -0.1) is 0 Å². The molecule has 0 N–H and O–H groups in total. The maximum Gasteiger partial charge on any atom is 0.285 e. The van der Waals surface area contributed by atoms with Gasteiger partial charge in [0.05, 0.1) is 5.69 Å². The number of hydrogen-bond donors (Lipinski definition) is 0. The van der Waals surface area contributed by atoms with E-state index in [1.54, 1.807) is 13.8 Å². The lowest BCUT2D eigenvalue weighted by Crippen LogP contribution is -2.30. The lowest BCUT2D eigenvalue weighted by molar-refractivity contribution is 0.0965. The van der Waals surface area contributed by atoms with E-state index in [0.717, 1.165) is 21.8 Å². The fourth-order valence-corrected chi connectivity index (χ4v) is 3.25. The molecular weight excluding hydrogens is 340 g/mol. The lowest BCUT2D eigenvalue weighted by Gasteiger charge is -2.10. The number of ketones is 1. The third-order valence-corrected chi connectivity index (χ3v) is 4.79. The van der Waals surface area contributed by atoms with E-state index in [0.29, 0.717) is 16.8 Å². The molecule has 0 radical (unpaired) electrons. The van der Waals surface area contributed by atoms with Gasteiger partial charge in [-0.05, 0) is 51.5 Å². The molecule has 1 aromatic carbocycles. The number of hydrogen-bond acceptors (Lipinski definition) is 4. The van der Waals surface area contributed by atoms with Crippen molar-refractivity contribution in [3.63, 3.8) is 0 Å². The summed E-state index contributed by atoms with van der Waals surface area (Å²) in [5.41, 5.74) is 3.86. The Morgan fingerprint density at radius 1 is 1.15 bits per heavy atom. The summed E-state index contributed by atoms with van der Waals surface area (Å²) in [6.07, 6.45) is 0. The van der Waals surface area contributed by atoms with Gasteiger partial charge in [-0.2, -0.15) is 10.4 Å². The van der Waals surface area contributed by atoms with Crippen LogP contribution in [0.3, 0.4) is 0 Å². The molecular formula is C21H20N4O2. The maximum atomic E-state index is 12.9. The fraction of sp³-hybridized carbons (Fsp3) is 0.238. The predicted octanol–water partition coefficient (Wildman–Crippen LogP) is 3.02. The molecule has 27 heavy (non-hydrogen) atoms. The van der Waals surface area contributed by atoms with Crippen LogP contribution >= 0.6 is 0 Å². The van der Waals surface area contributed by atoms with E-state index in [2.05, 4.69) is 5.10 Å². The van der Waals surface area contributed by atoms with Gasteiger partial charge in [0.2, 0.25) is 0 Å². The van der Waals surface area contributed by atoms with Crippen molar-refractivity contribution < 1.29 is 4.79 Å². The molecule has 0 fully saturated rings. The first-order chi connectivity index (χ1) is 12.8. The van der Waals surface area contributed by atoms with Gasteiger partial charge in [-0.1, -0.05) is 18.2 Å². The van der Waals surface area contributed by atoms with E-state index in [1.807, 2.05) is 60.9 Å². The van der Waals surface area contributed by atoms with Crippen LogP contribution in [0.4, 0.5) is 0 Å². The van der Waals surface area contributed by atoms with Crippen LogP contribution in [-0.4, -0.2) is 20.1 Å². The highest BCUT2D eigenvalue weighted by Gasteiger charge is 2.19. The number of aryl methyl sites for hydroxylation is 2. The number of rotatable bonds is 4. The minimum atomic E-state index is -0.536. The molecule has 6 heteroatoms. The monoisotopic (exact) mass is 360 g/mol. The summed E-state index contributed by atoms with van der Waals surface area (Å²) in [7, 11) is 0. The topological polar surface area (TPSA) is 80.7 Å². The fourth-order valence-electron chi connectivity index (χ4n) is 3.25.